The summed E-state index contributed by atoms with van der Waals surface area (Å²) in [5, 5.41) is 6.85. The average molecular weight is 411 g/mol. The predicted octanol–water partition coefficient (Wildman–Crippen LogP) is 4.56. The van der Waals surface area contributed by atoms with Crippen molar-refractivity contribution >= 4 is 11.3 Å². The molecule has 2 aromatic heterocycles. The lowest BCUT2D eigenvalue weighted by Crippen LogP contribution is -2.28. The van der Waals surface area contributed by atoms with E-state index >= 15 is 0 Å². The topological polar surface area (TPSA) is 33.5 Å². The molecule has 1 fully saturated rings. The summed E-state index contributed by atoms with van der Waals surface area (Å²) in [5.74, 6) is 0.842. The first-order chi connectivity index (χ1) is 14.2. The molecule has 29 heavy (non-hydrogen) atoms. The number of methoxy groups -OCH3 is 1. The third-order valence-corrected chi connectivity index (χ3v) is 6.37. The first-order valence-corrected chi connectivity index (χ1v) is 11.2. The van der Waals surface area contributed by atoms with Gasteiger partial charge in [0.05, 0.1) is 19.0 Å². The molecule has 3 aromatic rings. The molecular weight excluding hydrogens is 380 g/mol. The molecule has 154 valence electrons. The third-order valence-electron chi connectivity index (χ3n) is 5.40. The number of likely N-dealkylation sites (tertiary alicyclic amines) is 1. The fourth-order valence-electron chi connectivity index (χ4n) is 3.94. The Bertz CT molecular complexity index is 913. The number of aromatic nitrogens is 2. The van der Waals surface area contributed by atoms with Crippen LogP contribution >= 0.6 is 11.3 Å². The number of ether oxygens (including phenoxy) is 1. The first-order valence-electron chi connectivity index (χ1n) is 10.3. The van der Waals surface area contributed by atoms with Crippen molar-refractivity contribution in [3.8, 4) is 11.4 Å². The second kappa shape index (κ2) is 9.57. The molecule has 0 spiro atoms. The Morgan fingerprint density at radius 3 is 2.79 bits per heavy atom. The number of rotatable bonds is 8. The van der Waals surface area contributed by atoms with Crippen molar-refractivity contribution in [2.24, 2.45) is 0 Å². The summed E-state index contributed by atoms with van der Waals surface area (Å²) in [6.45, 7) is 5.45. The van der Waals surface area contributed by atoms with Crippen molar-refractivity contribution in [3.63, 3.8) is 0 Å². The Labute approximate surface area is 177 Å². The van der Waals surface area contributed by atoms with Gasteiger partial charge >= 0.3 is 0 Å². The molecular formula is C23H30N4OS. The van der Waals surface area contributed by atoms with Gasteiger partial charge in [-0.05, 0) is 62.1 Å². The summed E-state index contributed by atoms with van der Waals surface area (Å²) in [6, 6.07) is 10.4. The standard InChI is InChI=1S/C23H30N4OS/c1-25(17-23-11-19(18-29-23)15-26-9-4-3-5-10-26)14-20-13-24-27(16-20)21-7-6-8-22(12-21)28-2/h6-8,11-13,16,18H,3-5,9-10,14-15,17H2,1-2H3. The Balaban J connectivity index is 1.32. The number of hydrogen-bond acceptors (Lipinski definition) is 5. The monoisotopic (exact) mass is 410 g/mol. The highest BCUT2D eigenvalue weighted by Gasteiger charge is 2.12. The van der Waals surface area contributed by atoms with Crippen LogP contribution in [0, 0.1) is 0 Å². The minimum absolute atomic E-state index is 0.842. The molecule has 0 radical (unpaired) electrons. The largest absolute Gasteiger partial charge is 0.497 e. The fraction of sp³-hybridized carbons (Fsp3) is 0.435. The van der Waals surface area contributed by atoms with Crippen LogP contribution in [0.1, 0.15) is 35.3 Å². The minimum atomic E-state index is 0.842. The van der Waals surface area contributed by atoms with Gasteiger partial charge in [0.25, 0.3) is 0 Å². The molecule has 0 atom stereocenters. The SMILES string of the molecule is COc1cccc(-n2cc(CN(C)Cc3cc(CN4CCCCC4)cs3)cn2)c1. The molecule has 1 saturated heterocycles. The first kappa shape index (κ1) is 20.1. The minimum Gasteiger partial charge on any atom is -0.497 e. The van der Waals surface area contributed by atoms with E-state index in [9.17, 15) is 0 Å². The Hall–Kier alpha value is -2.15. The smallest absolute Gasteiger partial charge is 0.121 e. The molecule has 1 aromatic carbocycles. The summed E-state index contributed by atoms with van der Waals surface area (Å²) in [7, 11) is 3.86. The zero-order valence-electron chi connectivity index (χ0n) is 17.4. The Morgan fingerprint density at radius 1 is 1.10 bits per heavy atom. The molecule has 1 aliphatic rings. The number of benzene rings is 1. The van der Waals surface area contributed by atoms with Crippen LogP contribution < -0.4 is 4.74 Å². The number of nitrogens with zero attached hydrogens (tertiary/aromatic N) is 4. The number of hydrogen-bond donors (Lipinski definition) is 0. The van der Waals surface area contributed by atoms with Gasteiger partial charge in [-0.1, -0.05) is 12.5 Å². The van der Waals surface area contributed by atoms with Gasteiger partial charge in [-0.3, -0.25) is 9.80 Å². The van der Waals surface area contributed by atoms with Gasteiger partial charge < -0.3 is 4.74 Å². The van der Waals surface area contributed by atoms with E-state index in [0.717, 1.165) is 31.1 Å². The van der Waals surface area contributed by atoms with Crippen LogP contribution in [0.5, 0.6) is 5.75 Å². The van der Waals surface area contributed by atoms with E-state index in [1.807, 2.05) is 46.5 Å². The van der Waals surface area contributed by atoms with Crippen molar-refractivity contribution in [3.05, 3.63) is 64.1 Å². The van der Waals surface area contributed by atoms with E-state index in [0.29, 0.717) is 0 Å². The van der Waals surface area contributed by atoms with Crippen LogP contribution in [0.4, 0.5) is 0 Å². The van der Waals surface area contributed by atoms with E-state index in [4.69, 9.17) is 4.74 Å². The van der Waals surface area contributed by atoms with Gasteiger partial charge in [0, 0.05) is 42.3 Å². The molecule has 0 N–H and O–H groups in total. The van der Waals surface area contributed by atoms with E-state index in [1.165, 1.54) is 48.4 Å². The lowest BCUT2D eigenvalue weighted by molar-refractivity contribution is 0.221. The lowest BCUT2D eigenvalue weighted by atomic mass is 10.1. The van der Waals surface area contributed by atoms with Crippen molar-refractivity contribution in [1.82, 2.24) is 19.6 Å². The molecule has 1 aliphatic heterocycles. The second-order valence-electron chi connectivity index (χ2n) is 7.92. The maximum atomic E-state index is 5.31. The van der Waals surface area contributed by atoms with Gasteiger partial charge in [-0.15, -0.1) is 11.3 Å². The van der Waals surface area contributed by atoms with E-state index in [-0.39, 0.29) is 0 Å². The van der Waals surface area contributed by atoms with Gasteiger partial charge in [-0.2, -0.15) is 5.10 Å². The molecule has 0 bridgehead atoms. The molecule has 0 aliphatic carbocycles. The maximum Gasteiger partial charge on any atom is 0.121 e. The maximum absolute atomic E-state index is 5.31. The van der Waals surface area contributed by atoms with Gasteiger partial charge in [0.1, 0.15) is 5.75 Å². The average Bonchev–Trinajstić information content (AvgIpc) is 3.38. The quantitative estimate of drug-likeness (QED) is 0.545. The van der Waals surface area contributed by atoms with Crippen LogP contribution in [0.15, 0.2) is 48.1 Å². The summed E-state index contributed by atoms with van der Waals surface area (Å²) in [4.78, 5) is 6.37. The molecule has 4 rings (SSSR count). The van der Waals surface area contributed by atoms with Crippen molar-refractivity contribution in [2.45, 2.75) is 38.9 Å². The normalized spacial score (nSPS) is 15.1. The van der Waals surface area contributed by atoms with Crippen LogP contribution in [0.3, 0.4) is 0 Å². The van der Waals surface area contributed by atoms with E-state index in [2.05, 4.69) is 39.6 Å². The highest BCUT2D eigenvalue weighted by Crippen LogP contribution is 2.21. The fourth-order valence-corrected chi connectivity index (χ4v) is 4.90. The van der Waals surface area contributed by atoms with Crippen LogP contribution in [0.25, 0.3) is 5.69 Å². The summed E-state index contributed by atoms with van der Waals surface area (Å²) < 4.78 is 7.22. The third kappa shape index (κ3) is 5.47. The highest BCUT2D eigenvalue weighted by atomic mass is 32.1. The summed E-state index contributed by atoms with van der Waals surface area (Å²) in [5.41, 5.74) is 3.69. The van der Waals surface area contributed by atoms with Crippen LogP contribution in [-0.4, -0.2) is 46.8 Å². The molecule has 6 heteroatoms. The second-order valence-corrected chi connectivity index (χ2v) is 8.92. The van der Waals surface area contributed by atoms with Crippen molar-refractivity contribution < 1.29 is 4.74 Å². The molecule has 3 heterocycles. The zero-order valence-corrected chi connectivity index (χ0v) is 18.2. The Kier molecular flexibility index (Phi) is 6.64. The number of piperidine rings is 1. The molecule has 0 unspecified atom stereocenters. The van der Waals surface area contributed by atoms with Crippen LogP contribution in [-0.2, 0) is 19.6 Å². The van der Waals surface area contributed by atoms with Gasteiger partial charge in [-0.25, -0.2) is 4.68 Å². The molecule has 5 nitrogen and oxygen atoms in total. The van der Waals surface area contributed by atoms with Gasteiger partial charge in [0.2, 0.25) is 0 Å². The molecule has 0 amide bonds. The molecule has 0 saturated carbocycles. The van der Waals surface area contributed by atoms with E-state index in [1.54, 1.807) is 7.11 Å². The predicted molar refractivity (Wildman–Crippen MR) is 119 cm³/mol. The summed E-state index contributed by atoms with van der Waals surface area (Å²) in [6.07, 6.45) is 8.14. The lowest BCUT2D eigenvalue weighted by Gasteiger charge is -2.25. The number of thiophene rings is 1. The van der Waals surface area contributed by atoms with Crippen LogP contribution in [0.2, 0.25) is 0 Å². The van der Waals surface area contributed by atoms with E-state index < -0.39 is 0 Å². The van der Waals surface area contributed by atoms with Crippen molar-refractivity contribution in [2.75, 3.05) is 27.2 Å². The van der Waals surface area contributed by atoms with Crippen molar-refractivity contribution in [1.29, 1.82) is 0 Å². The zero-order chi connectivity index (χ0) is 20.1. The highest BCUT2D eigenvalue weighted by molar-refractivity contribution is 7.10. The van der Waals surface area contributed by atoms with Gasteiger partial charge in [0.15, 0.2) is 0 Å². The Morgan fingerprint density at radius 2 is 1.97 bits per heavy atom. The summed E-state index contributed by atoms with van der Waals surface area (Å²) >= 11 is 1.88.